The van der Waals surface area contributed by atoms with Crippen molar-refractivity contribution < 1.29 is 10.0 Å². The highest BCUT2D eigenvalue weighted by atomic mass is 32.1. The van der Waals surface area contributed by atoms with Gasteiger partial charge in [-0.25, -0.2) is 4.98 Å². The minimum atomic E-state index is -0.405. The number of aryl methyl sites for hydroxylation is 1. The number of thiazole rings is 1. The molecule has 2 aromatic heterocycles. The summed E-state index contributed by atoms with van der Waals surface area (Å²) in [5, 5.41) is 26.0. The molecule has 27 heavy (non-hydrogen) atoms. The largest absolute Gasteiger partial charge is 0.492 e. The number of hydrogen-bond acceptors (Lipinski definition) is 8. The standard InChI is InChI=1S/C17H20N6O3S/c1-11-18-17-22(19-11)16(24)15(27-17)14(21-9-7-20(2)8-10-21)12-3-5-13(6-4-12)23(25)26/h3-6,14,24H,7-10H2,1-2H3. The molecule has 1 unspecified atom stereocenters. The van der Waals surface area contributed by atoms with Crippen LogP contribution in [0.15, 0.2) is 24.3 Å². The van der Waals surface area contributed by atoms with Crippen molar-refractivity contribution in [3.63, 3.8) is 0 Å². The van der Waals surface area contributed by atoms with Gasteiger partial charge in [0.1, 0.15) is 5.82 Å². The smallest absolute Gasteiger partial charge is 0.269 e. The van der Waals surface area contributed by atoms with Crippen molar-refractivity contribution in [3.05, 3.63) is 50.6 Å². The lowest BCUT2D eigenvalue weighted by atomic mass is 10.0. The number of benzene rings is 1. The third-order valence-electron chi connectivity index (χ3n) is 4.88. The molecule has 0 radical (unpaired) electrons. The molecule has 3 aromatic rings. The van der Waals surface area contributed by atoms with Crippen molar-refractivity contribution in [1.29, 1.82) is 0 Å². The van der Waals surface area contributed by atoms with Gasteiger partial charge in [0, 0.05) is 38.3 Å². The van der Waals surface area contributed by atoms with Crippen LogP contribution in [0.2, 0.25) is 0 Å². The molecule has 0 amide bonds. The summed E-state index contributed by atoms with van der Waals surface area (Å²) in [7, 11) is 2.08. The normalized spacial score (nSPS) is 17.4. The maximum Gasteiger partial charge on any atom is 0.269 e. The van der Waals surface area contributed by atoms with Crippen LogP contribution in [0.1, 0.15) is 22.3 Å². The summed E-state index contributed by atoms with van der Waals surface area (Å²) >= 11 is 1.40. The van der Waals surface area contributed by atoms with Gasteiger partial charge < -0.3 is 10.0 Å². The Balaban J connectivity index is 1.78. The van der Waals surface area contributed by atoms with Crippen LogP contribution in [0.3, 0.4) is 0 Å². The molecule has 0 spiro atoms. The zero-order chi connectivity index (χ0) is 19.1. The fourth-order valence-electron chi connectivity index (χ4n) is 3.41. The lowest BCUT2D eigenvalue weighted by Gasteiger charge is -2.37. The van der Waals surface area contributed by atoms with Gasteiger partial charge in [-0.3, -0.25) is 15.0 Å². The van der Waals surface area contributed by atoms with Gasteiger partial charge in [-0.05, 0) is 19.5 Å². The van der Waals surface area contributed by atoms with E-state index < -0.39 is 4.92 Å². The van der Waals surface area contributed by atoms with Crippen LogP contribution in [0, 0.1) is 17.0 Å². The fourth-order valence-corrected chi connectivity index (χ4v) is 4.58. The Morgan fingerprint density at radius 3 is 2.48 bits per heavy atom. The minimum Gasteiger partial charge on any atom is -0.492 e. The van der Waals surface area contributed by atoms with Crippen molar-refractivity contribution in [1.82, 2.24) is 24.4 Å². The third-order valence-corrected chi connectivity index (χ3v) is 5.95. The second-order valence-electron chi connectivity index (χ2n) is 6.73. The quantitative estimate of drug-likeness (QED) is 0.539. The summed E-state index contributed by atoms with van der Waals surface area (Å²) in [6.07, 6.45) is 0. The maximum atomic E-state index is 11.0. The van der Waals surface area contributed by atoms with Crippen LogP contribution in [0.5, 0.6) is 5.88 Å². The number of non-ortho nitro benzene ring substituents is 1. The predicted octanol–water partition coefficient (Wildman–Crippen LogP) is 2.05. The molecule has 142 valence electrons. The maximum absolute atomic E-state index is 11.0. The second kappa shape index (κ2) is 6.87. The molecule has 1 aliphatic rings. The Morgan fingerprint density at radius 1 is 1.22 bits per heavy atom. The summed E-state index contributed by atoms with van der Waals surface area (Å²) in [5.41, 5.74) is 0.958. The monoisotopic (exact) mass is 388 g/mol. The van der Waals surface area contributed by atoms with Crippen molar-refractivity contribution in [3.8, 4) is 5.88 Å². The van der Waals surface area contributed by atoms with Crippen LogP contribution >= 0.6 is 11.3 Å². The first-order valence-corrected chi connectivity index (χ1v) is 9.47. The molecular formula is C17H20N6O3S. The summed E-state index contributed by atoms with van der Waals surface area (Å²) in [6.45, 7) is 5.30. The topological polar surface area (TPSA) is 100 Å². The summed E-state index contributed by atoms with van der Waals surface area (Å²) < 4.78 is 1.46. The molecule has 1 atom stereocenters. The highest BCUT2D eigenvalue weighted by Crippen LogP contribution is 2.40. The molecule has 1 aromatic carbocycles. The molecule has 1 N–H and O–H groups in total. The third kappa shape index (κ3) is 3.27. The van der Waals surface area contributed by atoms with E-state index >= 15 is 0 Å². The molecule has 1 aliphatic heterocycles. The summed E-state index contributed by atoms with van der Waals surface area (Å²) in [4.78, 5) is 20.9. The zero-order valence-electron chi connectivity index (χ0n) is 15.1. The first-order valence-electron chi connectivity index (χ1n) is 8.66. The molecule has 0 bridgehead atoms. The molecule has 3 heterocycles. The Hall–Kier alpha value is -2.56. The number of likely N-dealkylation sites (N-methyl/N-ethyl adjacent to an activating group) is 1. The van der Waals surface area contributed by atoms with E-state index in [2.05, 4.69) is 26.9 Å². The average Bonchev–Trinajstić information content (AvgIpc) is 3.15. The number of aromatic hydroxyl groups is 1. The first kappa shape index (κ1) is 17.8. The molecular weight excluding hydrogens is 368 g/mol. The van der Waals surface area contributed by atoms with E-state index in [0.29, 0.717) is 10.8 Å². The van der Waals surface area contributed by atoms with Crippen LogP contribution in [0.4, 0.5) is 5.69 Å². The van der Waals surface area contributed by atoms with Crippen LogP contribution < -0.4 is 0 Å². The first-order chi connectivity index (χ1) is 12.9. The van der Waals surface area contributed by atoms with Crippen LogP contribution in [0.25, 0.3) is 4.96 Å². The van der Waals surface area contributed by atoms with E-state index in [-0.39, 0.29) is 17.6 Å². The van der Waals surface area contributed by atoms with Crippen molar-refractivity contribution in [2.24, 2.45) is 0 Å². The zero-order valence-corrected chi connectivity index (χ0v) is 15.9. The Kier molecular flexibility index (Phi) is 4.54. The lowest BCUT2D eigenvalue weighted by molar-refractivity contribution is -0.384. The molecule has 1 saturated heterocycles. The van der Waals surface area contributed by atoms with Gasteiger partial charge in [0.05, 0.1) is 15.8 Å². The van der Waals surface area contributed by atoms with E-state index in [1.54, 1.807) is 19.1 Å². The van der Waals surface area contributed by atoms with E-state index in [0.717, 1.165) is 36.6 Å². The van der Waals surface area contributed by atoms with Gasteiger partial charge in [-0.15, -0.1) is 5.10 Å². The molecule has 0 aliphatic carbocycles. The number of rotatable bonds is 4. The van der Waals surface area contributed by atoms with Crippen molar-refractivity contribution in [2.75, 3.05) is 33.2 Å². The van der Waals surface area contributed by atoms with E-state index in [1.807, 2.05) is 0 Å². The molecule has 0 saturated carbocycles. The lowest BCUT2D eigenvalue weighted by Crippen LogP contribution is -2.46. The fraction of sp³-hybridized carbons (Fsp3) is 0.412. The number of hydrogen-bond donors (Lipinski definition) is 1. The molecule has 1 fully saturated rings. The molecule has 9 nitrogen and oxygen atoms in total. The van der Waals surface area contributed by atoms with Gasteiger partial charge in [0.25, 0.3) is 5.69 Å². The number of nitro benzene ring substituents is 1. The highest BCUT2D eigenvalue weighted by Gasteiger charge is 2.31. The highest BCUT2D eigenvalue weighted by molar-refractivity contribution is 7.17. The number of aromatic nitrogens is 3. The second-order valence-corrected chi connectivity index (χ2v) is 7.74. The van der Waals surface area contributed by atoms with E-state index in [1.165, 1.54) is 28.0 Å². The SMILES string of the molecule is Cc1nc2sc(C(c3ccc([N+](=O)[O-])cc3)N3CCN(C)CC3)c(O)n2n1. The summed E-state index contributed by atoms with van der Waals surface area (Å²) in [5.74, 6) is 0.687. The van der Waals surface area contributed by atoms with Gasteiger partial charge in [0.2, 0.25) is 10.8 Å². The van der Waals surface area contributed by atoms with Crippen molar-refractivity contribution in [2.45, 2.75) is 13.0 Å². The number of nitrogens with zero attached hydrogens (tertiary/aromatic N) is 6. The van der Waals surface area contributed by atoms with E-state index in [4.69, 9.17) is 0 Å². The van der Waals surface area contributed by atoms with Crippen molar-refractivity contribution >= 4 is 22.0 Å². The molecule has 10 heteroatoms. The number of fused-ring (bicyclic) bond motifs is 1. The minimum absolute atomic E-state index is 0.0540. The number of piperazine rings is 1. The Labute approximate surface area is 159 Å². The van der Waals surface area contributed by atoms with Gasteiger partial charge in [-0.1, -0.05) is 23.5 Å². The molecule has 4 rings (SSSR count). The van der Waals surface area contributed by atoms with Crippen LogP contribution in [-0.2, 0) is 0 Å². The predicted molar refractivity (Wildman–Crippen MR) is 101 cm³/mol. The summed E-state index contributed by atoms with van der Waals surface area (Å²) in [6, 6.07) is 6.35. The van der Waals surface area contributed by atoms with Gasteiger partial charge >= 0.3 is 0 Å². The van der Waals surface area contributed by atoms with Gasteiger partial charge in [-0.2, -0.15) is 4.52 Å². The van der Waals surface area contributed by atoms with E-state index in [9.17, 15) is 15.2 Å². The number of nitro groups is 1. The Morgan fingerprint density at radius 2 is 1.89 bits per heavy atom. The van der Waals surface area contributed by atoms with Gasteiger partial charge in [0.15, 0.2) is 0 Å². The average molecular weight is 388 g/mol. The van der Waals surface area contributed by atoms with Crippen LogP contribution in [-0.4, -0.2) is 67.7 Å². The Bertz CT molecular complexity index is 975.